The lowest BCUT2D eigenvalue weighted by atomic mass is 9.98. The molecule has 0 aliphatic heterocycles. The van der Waals surface area contributed by atoms with Crippen molar-refractivity contribution in [2.75, 3.05) is 46.1 Å². The van der Waals surface area contributed by atoms with Crippen LogP contribution >= 0.6 is 0 Å². The molecule has 0 atom stereocenters. The first-order valence-corrected chi connectivity index (χ1v) is 11.3. The first-order chi connectivity index (χ1) is 16.6. The molecule has 2 amide bonds. The fourth-order valence-corrected chi connectivity index (χ4v) is 3.77. The van der Waals surface area contributed by atoms with Crippen molar-refractivity contribution >= 4 is 18.0 Å². The number of aliphatic carboxylic acids is 1. The summed E-state index contributed by atoms with van der Waals surface area (Å²) in [5.74, 6) is -1.30. The zero-order valence-corrected chi connectivity index (χ0v) is 19.0. The molecular formula is C25H30N2O7. The summed E-state index contributed by atoms with van der Waals surface area (Å²) >= 11 is 0. The number of hydrogen-bond acceptors (Lipinski definition) is 6. The van der Waals surface area contributed by atoms with E-state index in [0.717, 1.165) is 0 Å². The molecule has 1 aliphatic rings. The van der Waals surface area contributed by atoms with Gasteiger partial charge in [-0.15, -0.1) is 0 Å². The van der Waals surface area contributed by atoms with E-state index in [1.54, 1.807) is 0 Å². The van der Waals surface area contributed by atoms with Gasteiger partial charge in [-0.1, -0.05) is 48.5 Å². The monoisotopic (exact) mass is 470 g/mol. The van der Waals surface area contributed by atoms with Gasteiger partial charge in [0.1, 0.15) is 6.61 Å². The van der Waals surface area contributed by atoms with Crippen molar-refractivity contribution in [3.05, 3.63) is 59.7 Å². The standard InChI is InChI=1S/C25H30N2O7/c28-23(9-10-24(29)30)26-11-13-32-15-16-33-14-12-27-25(31)34-17-22-20-7-3-1-5-18(20)19-6-2-4-8-21(19)22/h1-8,22H,9-17H2,(H,26,28)(H,27,31)(H,29,30). The molecule has 0 fully saturated rings. The molecule has 3 N–H and O–H groups in total. The fraction of sp³-hybridized carbons (Fsp3) is 0.400. The maximum absolute atomic E-state index is 12.1. The molecule has 34 heavy (non-hydrogen) atoms. The van der Waals surface area contributed by atoms with Crippen LogP contribution < -0.4 is 10.6 Å². The van der Waals surface area contributed by atoms with Crippen molar-refractivity contribution in [3.8, 4) is 11.1 Å². The molecule has 0 bridgehead atoms. The summed E-state index contributed by atoms with van der Waals surface area (Å²) in [5, 5.41) is 13.8. The van der Waals surface area contributed by atoms with Crippen LogP contribution in [0.5, 0.6) is 0 Å². The van der Waals surface area contributed by atoms with Gasteiger partial charge in [-0.2, -0.15) is 0 Å². The second kappa shape index (κ2) is 13.3. The summed E-state index contributed by atoms with van der Waals surface area (Å²) in [5.41, 5.74) is 4.70. The van der Waals surface area contributed by atoms with Crippen LogP contribution in [0.4, 0.5) is 4.79 Å². The molecular weight excluding hydrogens is 440 g/mol. The minimum atomic E-state index is -1.00. The van der Waals surface area contributed by atoms with Crippen molar-refractivity contribution in [2.45, 2.75) is 18.8 Å². The molecule has 0 saturated carbocycles. The lowest BCUT2D eigenvalue weighted by Gasteiger charge is -2.14. The summed E-state index contributed by atoms with van der Waals surface area (Å²) in [6, 6.07) is 16.4. The number of carboxylic acids is 1. The molecule has 2 aromatic rings. The van der Waals surface area contributed by atoms with Crippen LogP contribution in [-0.2, 0) is 23.8 Å². The Kier molecular flexibility index (Phi) is 9.87. The van der Waals surface area contributed by atoms with Gasteiger partial charge in [0.15, 0.2) is 0 Å². The van der Waals surface area contributed by atoms with Crippen LogP contribution in [-0.4, -0.2) is 69.2 Å². The van der Waals surface area contributed by atoms with Crippen molar-refractivity contribution in [3.63, 3.8) is 0 Å². The lowest BCUT2D eigenvalue weighted by Crippen LogP contribution is -2.29. The van der Waals surface area contributed by atoms with Crippen LogP contribution in [0.25, 0.3) is 11.1 Å². The van der Waals surface area contributed by atoms with Gasteiger partial charge in [0, 0.05) is 25.4 Å². The molecule has 0 spiro atoms. The number of carboxylic acid groups (broad SMARTS) is 1. The van der Waals surface area contributed by atoms with Crippen molar-refractivity contribution in [2.24, 2.45) is 0 Å². The van der Waals surface area contributed by atoms with E-state index in [9.17, 15) is 14.4 Å². The zero-order valence-electron chi connectivity index (χ0n) is 19.0. The van der Waals surface area contributed by atoms with E-state index in [1.807, 2.05) is 24.3 Å². The van der Waals surface area contributed by atoms with E-state index in [4.69, 9.17) is 19.3 Å². The molecule has 0 heterocycles. The van der Waals surface area contributed by atoms with E-state index in [1.165, 1.54) is 22.3 Å². The Morgan fingerprint density at radius 3 is 1.91 bits per heavy atom. The normalized spacial score (nSPS) is 12.0. The number of carbonyl (C=O) groups is 3. The molecule has 182 valence electrons. The number of fused-ring (bicyclic) bond motifs is 3. The zero-order chi connectivity index (χ0) is 24.2. The number of benzene rings is 2. The molecule has 9 heteroatoms. The maximum Gasteiger partial charge on any atom is 0.407 e. The van der Waals surface area contributed by atoms with Gasteiger partial charge in [0.05, 0.1) is 32.8 Å². The van der Waals surface area contributed by atoms with Gasteiger partial charge >= 0.3 is 12.1 Å². The molecule has 9 nitrogen and oxygen atoms in total. The third-order valence-corrected chi connectivity index (χ3v) is 5.37. The fourth-order valence-electron chi connectivity index (χ4n) is 3.77. The Hall–Kier alpha value is -3.43. The molecule has 3 rings (SSSR count). The third-order valence-electron chi connectivity index (χ3n) is 5.37. The number of rotatable bonds is 14. The van der Waals surface area contributed by atoms with E-state index in [-0.39, 0.29) is 31.3 Å². The average Bonchev–Trinajstić information content (AvgIpc) is 3.16. The average molecular weight is 471 g/mol. The molecule has 1 aliphatic carbocycles. The smallest absolute Gasteiger partial charge is 0.407 e. The predicted octanol–water partition coefficient (Wildman–Crippen LogP) is 2.54. The minimum absolute atomic E-state index is 0.0218. The number of carbonyl (C=O) groups excluding carboxylic acids is 2. The molecule has 2 aromatic carbocycles. The molecule has 0 aromatic heterocycles. The van der Waals surface area contributed by atoms with Crippen LogP contribution in [0.15, 0.2) is 48.5 Å². The SMILES string of the molecule is O=C(O)CCC(=O)NCCOCCOCCNC(=O)OCC1c2ccccc2-c2ccccc21. The second-order valence-corrected chi connectivity index (χ2v) is 7.72. The highest BCUT2D eigenvalue weighted by Gasteiger charge is 2.28. The van der Waals surface area contributed by atoms with Crippen LogP contribution in [0.1, 0.15) is 29.9 Å². The van der Waals surface area contributed by atoms with E-state index in [2.05, 4.69) is 34.9 Å². The van der Waals surface area contributed by atoms with Crippen molar-refractivity contribution < 1.29 is 33.7 Å². The topological polar surface area (TPSA) is 123 Å². The Bertz CT molecular complexity index is 934. The highest BCUT2D eigenvalue weighted by molar-refractivity contribution is 5.80. The number of ether oxygens (including phenoxy) is 3. The second-order valence-electron chi connectivity index (χ2n) is 7.72. The number of nitrogens with one attached hydrogen (secondary N) is 2. The van der Waals surface area contributed by atoms with Gasteiger partial charge in [0.25, 0.3) is 0 Å². The summed E-state index contributed by atoms with van der Waals surface area (Å²) < 4.78 is 16.2. The highest BCUT2D eigenvalue weighted by Crippen LogP contribution is 2.44. The summed E-state index contributed by atoms with van der Waals surface area (Å²) in [6.07, 6.45) is -0.722. The van der Waals surface area contributed by atoms with Crippen LogP contribution in [0.3, 0.4) is 0 Å². The number of hydrogen-bond donors (Lipinski definition) is 3. The lowest BCUT2D eigenvalue weighted by molar-refractivity contribution is -0.138. The summed E-state index contributed by atoms with van der Waals surface area (Å²) in [4.78, 5) is 33.8. The minimum Gasteiger partial charge on any atom is -0.481 e. The van der Waals surface area contributed by atoms with Gasteiger partial charge in [-0.3, -0.25) is 9.59 Å². The predicted molar refractivity (Wildman–Crippen MR) is 125 cm³/mol. The van der Waals surface area contributed by atoms with Crippen molar-refractivity contribution in [1.82, 2.24) is 10.6 Å². The molecule has 0 unspecified atom stereocenters. The first kappa shape index (κ1) is 25.2. The summed E-state index contributed by atoms with van der Waals surface area (Å²) in [6.45, 7) is 2.20. The van der Waals surface area contributed by atoms with Gasteiger partial charge < -0.3 is 30.0 Å². The van der Waals surface area contributed by atoms with Crippen molar-refractivity contribution in [1.29, 1.82) is 0 Å². The largest absolute Gasteiger partial charge is 0.481 e. The van der Waals surface area contributed by atoms with E-state index >= 15 is 0 Å². The quantitative estimate of drug-likeness (QED) is 0.363. The van der Waals surface area contributed by atoms with Gasteiger partial charge in [0.2, 0.25) is 5.91 Å². The Morgan fingerprint density at radius 2 is 1.32 bits per heavy atom. The highest BCUT2D eigenvalue weighted by atomic mass is 16.6. The third kappa shape index (κ3) is 7.57. The van der Waals surface area contributed by atoms with Crippen LogP contribution in [0.2, 0.25) is 0 Å². The number of alkyl carbamates (subject to hydrolysis) is 1. The Morgan fingerprint density at radius 1 is 0.765 bits per heavy atom. The summed E-state index contributed by atoms with van der Waals surface area (Å²) in [7, 11) is 0. The van der Waals surface area contributed by atoms with Gasteiger partial charge in [-0.25, -0.2) is 4.79 Å². The number of amides is 2. The Labute approximate surface area is 198 Å². The van der Waals surface area contributed by atoms with Crippen LogP contribution in [0, 0.1) is 0 Å². The first-order valence-electron chi connectivity index (χ1n) is 11.3. The van der Waals surface area contributed by atoms with Gasteiger partial charge in [-0.05, 0) is 22.3 Å². The molecule has 0 radical (unpaired) electrons. The molecule has 0 saturated heterocycles. The van der Waals surface area contributed by atoms with E-state index < -0.39 is 12.1 Å². The maximum atomic E-state index is 12.1. The van der Waals surface area contributed by atoms with E-state index in [0.29, 0.717) is 39.5 Å². The Balaban J connectivity index is 1.22.